The summed E-state index contributed by atoms with van der Waals surface area (Å²) in [6, 6.07) is 115. The van der Waals surface area contributed by atoms with E-state index in [1.54, 1.807) is 0 Å². The third-order valence-electron chi connectivity index (χ3n) is 24.3. The first-order valence-electron chi connectivity index (χ1n) is 39.9. The van der Waals surface area contributed by atoms with E-state index in [9.17, 15) is 8.78 Å². The maximum atomic E-state index is 14.7. The van der Waals surface area contributed by atoms with Crippen molar-refractivity contribution < 1.29 is 22.7 Å². The first-order valence-corrected chi connectivity index (χ1v) is 39.9. The van der Waals surface area contributed by atoms with Gasteiger partial charge in [-0.2, -0.15) is 0 Å². The van der Waals surface area contributed by atoms with Crippen LogP contribution in [-0.2, 0) is 10.8 Å². The molecule has 1 aromatic heterocycles. The minimum absolute atomic E-state index is 0.279. The second kappa shape index (κ2) is 29.1. The largest absolute Gasteiger partial charge is 0.457 e. The molecular formula is C110H84F2N2O3. The molecular weight excluding hydrogens is 1440 g/mol. The molecule has 0 radical (unpaired) electrons. The van der Waals surface area contributed by atoms with E-state index in [0.717, 1.165) is 179 Å². The number of aryl methyl sites for hydroxylation is 8. The van der Waals surface area contributed by atoms with Crippen molar-refractivity contribution in [2.75, 3.05) is 9.80 Å². The molecule has 19 rings (SSSR count). The van der Waals surface area contributed by atoms with Crippen LogP contribution in [0.3, 0.4) is 0 Å². The van der Waals surface area contributed by atoms with Gasteiger partial charge in [-0.3, -0.25) is 0 Å². The predicted molar refractivity (Wildman–Crippen MR) is 480 cm³/mol. The number of benzene rings is 16. The summed E-state index contributed by atoms with van der Waals surface area (Å²) in [4.78, 5) is 4.78. The number of rotatable bonds is 18. The van der Waals surface area contributed by atoms with Crippen LogP contribution >= 0.6 is 0 Å². The van der Waals surface area contributed by atoms with Crippen molar-refractivity contribution in [3.8, 4) is 67.5 Å². The summed E-state index contributed by atoms with van der Waals surface area (Å²) in [5, 5.41) is 1.94. The van der Waals surface area contributed by atoms with E-state index in [4.69, 9.17) is 13.9 Å². The fourth-order valence-electron chi connectivity index (χ4n) is 18.6. The number of anilines is 6. The highest BCUT2D eigenvalue weighted by molar-refractivity contribution is 6.08. The zero-order valence-corrected chi connectivity index (χ0v) is 66.6. The molecule has 0 saturated heterocycles. The van der Waals surface area contributed by atoms with E-state index in [0.29, 0.717) is 0 Å². The Hall–Kier alpha value is -14.1. The van der Waals surface area contributed by atoms with Crippen LogP contribution in [0.4, 0.5) is 42.9 Å². The van der Waals surface area contributed by atoms with E-state index >= 15 is 0 Å². The Labute approximate surface area is 682 Å². The van der Waals surface area contributed by atoms with Crippen LogP contribution in [0.5, 0.6) is 23.0 Å². The molecule has 5 nitrogen and oxygen atoms in total. The quantitative estimate of drug-likeness (QED) is 0.0856. The van der Waals surface area contributed by atoms with Crippen LogP contribution < -0.4 is 19.3 Å². The van der Waals surface area contributed by atoms with Gasteiger partial charge in [0.05, 0.1) is 10.8 Å². The zero-order chi connectivity index (χ0) is 80.1. The third kappa shape index (κ3) is 12.4. The molecule has 0 N–H and O–H groups in total. The molecule has 0 fully saturated rings. The van der Waals surface area contributed by atoms with Crippen LogP contribution in [0.25, 0.3) is 78.6 Å². The van der Waals surface area contributed by atoms with Gasteiger partial charge in [-0.05, 0) is 335 Å². The average Bonchev–Trinajstić information content (AvgIpc) is 1.54. The topological polar surface area (TPSA) is 38.1 Å². The van der Waals surface area contributed by atoms with Crippen molar-refractivity contribution in [2.45, 2.75) is 66.2 Å². The molecule has 7 heteroatoms. The van der Waals surface area contributed by atoms with Gasteiger partial charge in [0.15, 0.2) is 0 Å². The smallest absolute Gasteiger partial charge is 0.137 e. The minimum atomic E-state index is -0.780. The van der Waals surface area contributed by atoms with Crippen molar-refractivity contribution >= 4 is 68.2 Å². The highest BCUT2D eigenvalue weighted by atomic mass is 19.1. The summed E-state index contributed by atoms with van der Waals surface area (Å²) in [5.74, 6) is 2.39. The SMILES string of the molecule is C=Cc1ccc(Oc2ccc(C3(c4cc(C)ccc4C)c4ccccc4-c4ccc(N(c5ccc6c(c5)oc5cc(N(c7ccc8c(c7)C(c7ccc(Oc9ccc(C=C)cc9)cc7)(c7cc(C)ccc7C)c7ccccc7-8)c7cc(C)c(-c8ccc(F)cc8)cc7C)ccc56)c5cc(C)c(-c6ccc(F)cc6)cc5C)cc43)cc2)cc1. The van der Waals surface area contributed by atoms with E-state index in [2.05, 4.69) is 309 Å². The van der Waals surface area contributed by atoms with Crippen molar-refractivity contribution in [3.05, 3.63) is 453 Å². The van der Waals surface area contributed by atoms with Crippen molar-refractivity contribution in [2.24, 2.45) is 0 Å². The molecule has 0 amide bonds. The number of nitrogens with zero attached hydrogens (tertiary/aromatic N) is 2. The first-order chi connectivity index (χ1) is 56.9. The Morgan fingerprint density at radius 3 is 1.03 bits per heavy atom. The van der Waals surface area contributed by atoms with Crippen LogP contribution in [0.1, 0.15) is 100 Å². The van der Waals surface area contributed by atoms with Crippen LogP contribution in [0, 0.1) is 67.0 Å². The number of halogens is 2. The molecule has 16 aromatic carbocycles. The number of furan rings is 1. The van der Waals surface area contributed by atoms with Gasteiger partial charge in [-0.25, -0.2) is 8.78 Å². The van der Waals surface area contributed by atoms with Crippen LogP contribution in [0.15, 0.2) is 345 Å². The maximum absolute atomic E-state index is 14.7. The molecule has 566 valence electrons. The Balaban J connectivity index is 0.786. The molecule has 0 aliphatic heterocycles. The van der Waals surface area contributed by atoms with Gasteiger partial charge in [-0.15, -0.1) is 0 Å². The summed E-state index contributed by atoms with van der Waals surface area (Å²) in [7, 11) is 0. The second-order valence-corrected chi connectivity index (χ2v) is 31.5. The summed E-state index contributed by atoms with van der Waals surface area (Å²) < 4.78 is 49.8. The maximum Gasteiger partial charge on any atom is 0.137 e. The third-order valence-corrected chi connectivity index (χ3v) is 24.3. The van der Waals surface area contributed by atoms with Gasteiger partial charge in [-0.1, -0.05) is 206 Å². The van der Waals surface area contributed by atoms with Gasteiger partial charge in [0.2, 0.25) is 0 Å². The van der Waals surface area contributed by atoms with Crippen molar-refractivity contribution in [3.63, 3.8) is 0 Å². The molecule has 0 saturated carbocycles. The normalized spacial score (nSPS) is 14.4. The number of hydrogen-bond donors (Lipinski definition) is 0. The summed E-state index contributed by atoms with van der Waals surface area (Å²) >= 11 is 0. The minimum Gasteiger partial charge on any atom is -0.457 e. The Bertz CT molecular complexity index is 6430. The molecule has 0 bridgehead atoms. The monoisotopic (exact) mass is 1520 g/mol. The summed E-state index contributed by atoms with van der Waals surface area (Å²) in [6.45, 7) is 25.4. The lowest BCUT2D eigenvalue weighted by Gasteiger charge is -2.36. The van der Waals surface area contributed by atoms with E-state index in [1.165, 1.54) is 68.8 Å². The lowest BCUT2D eigenvalue weighted by Crippen LogP contribution is -2.30. The Morgan fingerprint density at radius 2 is 0.641 bits per heavy atom. The van der Waals surface area contributed by atoms with Gasteiger partial charge in [0.1, 0.15) is 45.8 Å². The number of fused-ring (bicyclic) bond motifs is 9. The van der Waals surface area contributed by atoms with Crippen LogP contribution in [-0.4, -0.2) is 0 Å². The molecule has 0 spiro atoms. The van der Waals surface area contributed by atoms with Gasteiger partial charge in [0, 0.05) is 57.0 Å². The second-order valence-electron chi connectivity index (χ2n) is 31.5. The van der Waals surface area contributed by atoms with Gasteiger partial charge in [0.25, 0.3) is 0 Å². The fraction of sp³-hybridized carbons (Fsp3) is 0.0909. The van der Waals surface area contributed by atoms with Gasteiger partial charge < -0.3 is 23.7 Å². The van der Waals surface area contributed by atoms with Gasteiger partial charge >= 0.3 is 0 Å². The first kappa shape index (κ1) is 73.1. The highest BCUT2D eigenvalue weighted by Crippen LogP contribution is 2.61. The van der Waals surface area contributed by atoms with E-state index < -0.39 is 10.8 Å². The predicted octanol–water partition coefficient (Wildman–Crippen LogP) is 30.2. The zero-order valence-electron chi connectivity index (χ0n) is 66.6. The standard InChI is InChI=1S/C110H84F2N2O3/c1-11-75-25-45-87(46-26-75)115-89-49-33-79(34-50-89)109(101-57-67(3)21-23-69(101)5)99-19-15-13-17-91(99)93-53-41-83(63-103(93)109)113(105-61-71(7)97(59-73(105)9)77-29-37-81(111)38-30-77)85-43-55-95-96-56-44-86(66-108(96)117-107(95)65-85)114(106-62-72(8)98(60-74(106)10)78-31-39-82(112)40-32-78)84-42-54-94-92-18-14-16-20-100(92)110(104(94)64-84,102-58-68(4)22-24-70(102)6)80-35-51-90(52-36-80)116-88-47-27-76(12-2)28-48-88/h11-66H,1-2H2,3-10H3. The average molecular weight is 1520 g/mol. The number of hydrogen-bond acceptors (Lipinski definition) is 5. The van der Waals surface area contributed by atoms with Crippen molar-refractivity contribution in [1.29, 1.82) is 0 Å². The molecule has 17 aromatic rings. The fourth-order valence-corrected chi connectivity index (χ4v) is 18.6. The Kier molecular flexibility index (Phi) is 18.1. The lowest BCUT2D eigenvalue weighted by atomic mass is 9.66. The Morgan fingerprint density at radius 1 is 0.291 bits per heavy atom. The number of ether oxygens (including phenoxy) is 2. The molecule has 2 aliphatic rings. The van der Waals surface area contributed by atoms with Crippen LogP contribution in [0.2, 0.25) is 0 Å². The summed E-state index contributed by atoms with van der Waals surface area (Å²) in [6.07, 6.45) is 3.67. The molecule has 1 heterocycles. The summed E-state index contributed by atoms with van der Waals surface area (Å²) in [5.41, 5.74) is 34.3. The van der Waals surface area contributed by atoms with Crippen molar-refractivity contribution in [1.82, 2.24) is 0 Å². The molecule has 2 unspecified atom stereocenters. The van der Waals surface area contributed by atoms with E-state index in [1.807, 2.05) is 84.9 Å². The molecule has 117 heavy (non-hydrogen) atoms. The molecule has 2 aliphatic carbocycles. The highest BCUT2D eigenvalue weighted by Gasteiger charge is 2.49. The lowest BCUT2D eigenvalue weighted by molar-refractivity contribution is 0.482. The van der Waals surface area contributed by atoms with E-state index in [-0.39, 0.29) is 11.6 Å². The molecule has 2 atom stereocenters.